The number of carbonyl (C=O) groups is 1. The number of hydrogen-bond donors (Lipinski definition) is 1. The number of nitrogens with zero attached hydrogens (tertiary/aromatic N) is 1. The van der Waals surface area contributed by atoms with E-state index >= 15 is 0 Å². The first-order chi connectivity index (χ1) is 10.7. The largest absolute Gasteiger partial charge is 0.444 e. The number of amides is 1. The van der Waals surface area contributed by atoms with Crippen molar-refractivity contribution in [2.45, 2.75) is 51.6 Å². The lowest BCUT2D eigenvalue weighted by Gasteiger charge is -2.36. The van der Waals surface area contributed by atoms with Crippen molar-refractivity contribution in [3.8, 4) is 0 Å². The topological polar surface area (TPSA) is 41.6 Å². The number of carbonyl (C=O) groups excluding carboxylic acids is 1. The second-order valence-electron chi connectivity index (χ2n) is 6.84. The van der Waals surface area contributed by atoms with Gasteiger partial charge in [0.25, 0.3) is 0 Å². The van der Waals surface area contributed by atoms with E-state index in [-0.39, 0.29) is 18.4 Å². The maximum absolute atomic E-state index is 14.3. The lowest BCUT2D eigenvalue weighted by Crippen LogP contribution is -2.53. The minimum absolute atomic E-state index is 0.0238. The average molecular weight is 326 g/mol. The van der Waals surface area contributed by atoms with Gasteiger partial charge in [0, 0.05) is 19.1 Å². The summed E-state index contributed by atoms with van der Waals surface area (Å²) in [4.78, 5) is 13.4. The quantitative estimate of drug-likeness (QED) is 0.927. The highest BCUT2D eigenvalue weighted by atomic mass is 19.1. The second kappa shape index (κ2) is 7.25. The zero-order valence-corrected chi connectivity index (χ0v) is 13.8. The first-order valence-corrected chi connectivity index (χ1v) is 7.84. The number of benzene rings is 1. The highest BCUT2D eigenvalue weighted by molar-refractivity contribution is 5.68. The molecule has 6 heteroatoms. The minimum atomic E-state index is -1.16. The predicted molar refractivity (Wildman–Crippen MR) is 84.3 cm³/mol. The summed E-state index contributed by atoms with van der Waals surface area (Å²) in [6.45, 7) is 6.31. The Bertz CT molecular complexity index is 528. The average Bonchev–Trinajstić information content (AvgIpc) is 2.46. The summed E-state index contributed by atoms with van der Waals surface area (Å²) >= 11 is 0. The molecule has 0 unspecified atom stereocenters. The third-order valence-corrected chi connectivity index (χ3v) is 3.67. The van der Waals surface area contributed by atoms with E-state index in [9.17, 15) is 13.6 Å². The van der Waals surface area contributed by atoms with Crippen LogP contribution in [0.25, 0.3) is 0 Å². The lowest BCUT2D eigenvalue weighted by atomic mass is 10.0. The van der Waals surface area contributed by atoms with Crippen LogP contribution in [0, 0.1) is 5.82 Å². The van der Waals surface area contributed by atoms with E-state index in [2.05, 4.69) is 5.32 Å². The minimum Gasteiger partial charge on any atom is -0.444 e. The molecule has 0 saturated carbocycles. The molecule has 0 radical (unpaired) electrons. The van der Waals surface area contributed by atoms with Crippen LogP contribution >= 0.6 is 0 Å². The van der Waals surface area contributed by atoms with Gasteiger partial charge in [-0.3, -0.25) is 0 Å². The van der Waals surface area contributed by atoms with E-state index in [0.717, 1.165) is 5.56 Å². The van der Waals surface area contributed by atoms with Crippen LogP contribution in [-0.4, -0.2) is 41.9 Å². The van der Waals surface area contributed by atoms with Gasteiger partial charge in [0.2, 0.25) is 0 Å². The Balaban J connectivity index is 1.82. The Morgan fingerprint density at radius 1 is 1.35 bits per heavy atom. The molecule has 23 heavy (non-hydrogen) atoms. The summed E-state index contributed by atoms with van der Waals surface area (Å²) in [5, 5.41) is 3.14. The van der Waals surface area contributed by atoms with Gasteiger partial charge in [0.15, 0.2) is 0 Å². The Morgan fingerprint density at radius 2 is 2.00 bits per heavy atom. The highest BCUT2D eigenvalue weighted by Crippen LogP contribution is 2.18. The van der Waals surface area contributed by atoms with Crippen LogP contribution in [0.5, 0.6) is 0 Å². The molecule has 0 aromatic heterocycles. The van der Waals surface area contributed by atoms with E-state index in [4.69, 9.17) is 4.74 Å². The van der Waals surface area contributed by atoms with Crippen molar-refractivity contribution in [1.29, 1.82) is 0 Å². The molecular formula is C17H24F2N2O2. The van der Waals surface area contributed by atoms with Crippen LogP contribution in [0.2, 0.25) is 0 Å². The maximum atomic E-state index is 14.3. The molecule has 1 amide bonds. The van der Waals surface area contributed by atoms with Crippen molar-refractivity contribution < 1.29 is 18.3 Å². The molecule has 1 saturated heterocycles. The van der Waals surface area contributed by atoms with Gasteiger partial charge in [-0.2, -0.15) is 0 Å². The summed E-state index contributed by atoms with van der Waals surface area (Å²) in [5.74, 6) is -0.289. The molecule has 1 aliphatic heterocycles. The molecule has 0 bridgehead atoms. The van der Waals surface area contributed by atoms with Gasteiger partial charge in [-0.05, 0) is 44.9 Å². The van der Waals surface area contributed by atoms with Crippen LogP contribution in [-0.2, 0) is 11.3 Å². The van der Waals surface area contributed by atoms with Crippen molar-refractivity contribution in [2.75, 3.05) is 13.1 Å². The van der Waals surface area contributed by atoms with Gasteiger partial charge < -0.3 is 15.0 Å². The summed E-state index contributed by atoms with van der Waals surface area (Å²) in [6, 6.07) is 5.79. The van der Waals surface area contributed by atoms with Crippen molar-refractivity contribution in [3.63, 3.8) is 0 Å². The first-order valence-electron chi connectivity index (χ1n) is 7.84. The molecule has 4 nitrogen and oxygen atoms in total. The standard InChI is InChI=1S/C17H24F2N2O2/c1-17(2,3)23-16(22)21-9-8-15(14(19)11-21)20-10-12-4-6-13(18)7-5-12/h4-7,14-15,20H,8-11H2,1-3H3/t14-,15+/m1/s1. The third-order valence-electron chi connectivity index (χ3n) is 3.67. The number of likely N-dealkylation sites (tertiary alicyclic amines) is 1. The number of nitrogens with one attached hydrogen (secondary N) is 1. The molecule has 1 N–H and O–H groups in total. The zero-order chi connectivity index (χ0) is 17.0. The fourth-order valence-electron chi connectivity index (χ4n) is 2.48. The first kappa shape index (κ1) is 17.7. The van der Waals surface area contributed by atoms with Crippen molar-refractivity contribution in [3.05, 3.63) is 35.6 Å². The Kier molecular flexibility index (Phi) is 5.57. The maximum Gasteiger partial charge on any atom is 0.410 e. The molecule has 128 valence electrons. The van der Waals surface area contributed by atoms with E-state index < -0.39 is 17.9 Å². The third kappa shape index (κ3) is 5.46. The van der Waals surface area contributed by atoms with E-state index in [1.165, 1.54) is 17.0 Å². The van der Waals surface area contributed by atoms with Gasteiger partial charge in [0.1, 0.15) is 17.6 Å². The van der Waals surface area contributed by atoms with Crippen LogP contribution in [0.4, 0.5) is 13.6 Å². The van der Waals surface area contributed by atoms with E-state index in [1.54, 1.807) is 32.9 Å². The number of alkyl halides is 1. The summed E-state index contributed by atoms with van der Waals surface area (Å²) in [5.41, 5.74) is 0.314. The molecule has 1 aromatic rings. The molecule has 0 spiro atoms. The van der Waals surface area contributed by atoms with E-state index in [1.807, 2.05) is 0 Å². The summed E-state index contributed by atoms with van der Waals surface area (Å²) in [7, 11) is 0. The molecule has 1 aliphatic rings. The predicted octanol–water partition coefficient (Wildman–Crippen LogP) is 3.26. The normalized spacial score (nSPS) is 22.0. The fourth-order valence-corrected chi connectivity index (χ4v) is 2.48. The molecule has 2 rings (SSSR count). The Labute approximate surface area is 135 Å². The summed E-state index contributed by atoms with van der Waals surface area (Å²) in [6.07, 6.45) is -1.12. The van der Waals surface area contributed by atoms with Gasteiger partial charge in [0.05, 0.1) is 6.54 Å². The van der Waals surface area contributed by atoms with Gasteiger partial charge in [-0.25, -0.2) is 13.6 Å². The number of halogens is 2. The molecule has 1 fully saturated rings. The number of hydrogen-bond acceptors (Lipinski definition) is 3. The molecule has 2 atom stereocenters. The number of rotatable bonds is 3. The Morgan fingerprint density at radius 3 is 2.57 bits per heavy atom. The molecule has 0 aliphatic carbocycles. The van der Waals surface area contributed by atoms with E-state index in [0.29, 0.717) is 19.5 Å². The second-order valence-corrected chi connectivity index (χ2v) is 6.84. The van der Waals surface area contributed by atoms with Crippen molar-refractivity contribution in [2.24, 2.45) is 0 Å². The van der Waals surface area contributed by atoms with Gasteiger partial charge >= 0.3 is 6.09 Å². The van der Waals surface area contributed by atoms with Gasteiger partial charge in [-0.1, -0.05) is 12.1 Å². The van der Waals surface area contributed by atoms with Crippen LogP contribution in [0.15, 0.2) is 24.3 Å². The SMILES string of the molecule is CC(C)(C)OC(=O)N1CC[C@H](NCc2ccc(F)cc2)[C@H](F)C1. The number of ether oxygens (including phenoxy) is 1. The smallest absolute Gasteiger partial charge is 0.410 e. The lowest BCUT2D eigenvalue weighted by molar-refractivity contribution is 0.00934. The summed E-state index contributed by atoms with van der Waals surface area (Å²) < 4.78 is 32.4. The monoisotopic (exact) mass is 326 g/mol. The zero-order valence-electron chi connectivity index (χ0n) is 13.8. The number of piperidine rings is 1. The van der Waals surface area contributed by atoms with Gasteiger partial charge in [-0.15, -0.1) is 0 Å². The van der Waals surface area contributed by atoms with Crippen molar-refractivity contribution in [1.82, 2.24) is 10.2 Å². The van der Waals surface area contributed by atoms with Crippen molar-refractivity contribution >= 4 is 6.09 Å². The molecule has 1 aromatic carbocycles. The van der Waals surface area contributed by atoms with Crippen LogP contribution in [0.1, 0.15) is 32.8 Å². The fraction of sp³-hybridized carbons (Fsp3) is 0.588. The molecule has 1 heterocycles. The van der Waals surface area contributed by atoms with Crippen LogP contribution in [0.3, 0.4) is 0 Å². The highest BCUT2D eigenvalue weighted by Gasteiger charge is 2.33. The molecular weight excluding hydrogens is 302 g/mol. The van der Waals surface area contributed by atoms with Crippen LogP contribution < -0.4 is 5.32 Å². The Hall–Kier alpha value is -1.69.